The number of aromatic nitrogens is 3. The third-order valence-electron chi connectivity index (χ3n) is 2.96. The van der Waals surface area contributed by atoms with Gasteiger partial charge in [-0.3, -0.25) is 4.79 Å². The summed E-state index contributed by atoms with van der Waals surface area (Å²) in [4.78, 5) is 12.3. The Hall–Kier alpha value is -2.08. The monoisotopic (exact) mass is 333 g/mol. The molecule has 100 valence electrons. The van der Waals surface area contributed by atoms with Crippen molar-refractivity contribution in [2.24, 2.45) is 0 Å². The lowest BCUT2D eigenvalue weighted by Crippen LogP contribution is -2.25. The molecule has 6 heteroatoms. The first-order valence-electron chi connectivity index (χ1n) is 5.91. The topological polar surface area (TPSA) is 47.8 Å². The van der Waals surface area contributed by atoms with Crippen molar-refractivity contribution in [1.82, 2.24) is 15.0 Å². The fourth-order valence-electron chi connectivity index (χ4n) is 1.95. The molecule has 0 aliphatic heterocycles. The Morgan fingerprint density at radius 2 is 2.00 bits per heavy atom. The lowest BCUT2D eigenvalue weighted by atomic mass is 10.2. The summed E-state index contributed by atoms with van der Waals surface area (Å²) in [6.45, 7) is 0.0436. The van der Waals surface area contributed by atoms with E-state index in [9.17, 15) is 9.18 Å². The molecule has 0 atom stereocenters. The van der Waals surface area contributed by atoms with Crippen LogP contribution in [0.25, 0.3) is 10.9 Å². The molecule has 0 saturated heterocycles. The highest BCUT2D eigenvalue weighted by Gasteiger charge is 2.09. The van der Waals surface area contributed by atoms with Crippen molar-refractivity contribution < 1.29 is 4.39 Å². The van der Waals surface area contributed by atoms with Crippen molar-refractivity contribution >= 4 is 26.8 Å². The zero-order valence-corrected chi connectivity index (χ0v) is 11.8. The van der Waals surface area contributed by atoms with Crippen molar-refractivity contribution in [1.29, 1.82) is 0 Å². The van der Waals surface area contributed by atoms with Crippen LogP contribution in [-0.4, -0.2) is 15.0 Å². The van der Waals surface area contributed by atoms with Gasteiger partial charge in [0.25, 0.3) is 5.56 Å². The highest BCUT2D eigenvalue weighted by molar-refractivity contribution is 9.10. The quantitative estimate of drug-likeness (QED) is 0.724. The number of fused-ring (bicyclic) bond motifs is 1. The van der Waals surface area contributed by atoms with Crippen LogP contribution in [0.4, 0.5) is 4.39 Å². The third kappa shape index (κ3) is 2.34. The number of rotatable bonds is 2. The van der Waals surface area contributed by atoms with Gasteiger partial charge in [-0.1, -0.05) is 33.3 Å². The average Bonchev–Trinajstić information content (AvgIpc) is 2.46. The van der Waals surface area contributed by atoms with E-state index in [0.29, 0.717) is 16.5 Å². The van der Waals surface area contributed by atoms with Crippen LogP contribution in [0.15, 0.2) is 51.7 Å². The fraction of sp³-hybridized carbons (Fsp3) is 0.0714. The molecular weight excluding hydrogens is 325 g/mol. The van der Waals surface area contributed by atoms with Crippen LogP contribution < -0.4 is 5.56 Å². The maximum Gasteiger partial charge on any atom is 0.277 e. The summed E-state index contributed by atoms with van der Waals surface area (Å²) in [5, 5.41) is 8.28. The highest BCUT2D eigenvalue weighted by atomic mass is 79.9. The fourth-order valence-corrected chi connectivity index (χ4v) is 2.36. The summed E-state index contributed by atoms with van der Waals surface area (Å²) in [7, 11) is 0. The minimum atomic E-state index is -0.380. The Kier molecular flexibility index (Phi) is 3.31. The van der Waals surface area contributed by atoms with E-state index in [1.165, 1.54) is 6.07 Å². The summed E-state index contributed by atoms with van der Waals surface area (Å²) in [6, 6.07) is 11.5. The molecule has 3 aromatic rings. The van der Waals surface area contributed by atoms with E-state index >= 15 is 0 Å². The molecular formula is C14H9BrFN3O. The van der Waals surface area contributed by atoms with Gasteiger partial charge in [-0.25, -0.2) is 9.07 Å². The number of nitrogens with zero attached hydrogens (tertiary/aromatic N) is 3. The first-order chi connectivity index (χ1) is 9.65. The minimum absolute atomic E-state index is 0.0436. The Morgan fingerprint density at radius 1 is 1.20 bits per heavy atom. The van der Waals surface area contributed by atoms with Gasteiger partial charge in [0, 0.05) is 10.0 Å². The normalized spacial score (nSPS) is 10.9. The van der Waals surface area contributed by atoms with Crippen molar-refractivity contribution in [2.45, 2.75) is 6.54 Å². The lowest BCUT2D eigenvalue weighted by molar-refractivity contribution is 0.557. The van der Waals surface area contributed by atoms with Crippen LogP contribution in [0, 0.1) is 5.82 Å². The molecule has 0 saturated carbocycles. The molecule has 0 aliphatic carbocycles. The first-order valence-corrected chi connectivity index (χ1v) is 6.71. The van der Waals surface area contributed by atoms with Crippen LogP contribution in [0.3, 0.4) is 0 Å². The molecule has 0 radical (unpaired) electrons. The van der Waals surface area contributed by atoms with Gasteiger partial charge in [-0.05, 0) is 30.3 Å². The largest absolute Gasteiger partial charge is 0.277 e. The third-order valence-corrected chi connectivity index (χ3v) is 3.45. The molecule has 2 aromatic carbocycles. The van der Waals surface area contributed by atoms with Gasteiger partial charge in [-0.15, -0.1) is 5.10 Å². The zero-order chi connectivity index (χ0) is 14.1. The minimum Gasteiger partial charge on any atom is -0.267 e. The summed E-state index contributed by atoms with van der Waals surface area (Å²) in [5.74, 6) is -0.380. The van der Waals surface area contributed by atoms with Gasteiger partial charge in [-0.2, -0.15) is 0 Å². The second-order valence-corrected chi connectivity index (χ2v) is 5.22. The summed E-state index contributed by atoms with van der Waals surface area (Å²) < 4.78 is 15.6. The van der Waals surface area contributed by atoms with Crippen LogP contribution >= 0.6 is 15.9 Å². The van der Waals surface area contributed by atoms with Gasteiger partial charge in [0.05, 0.1) is 11.9 Å². The standard InChI is InChI=1S/C14H9BrFN3O/c15-10-5-6-12(16)9(7-10)8-19-14(20)11-3-1-2-4-13(11)17-18-19/h1-7H,8H2. The summed E-state index contributed by atoms with van der Waals surface area (Å²) in [6.07, 6.45) is 0. The van der Waals surface area contributed by atoms with E-state index in [1.54, 1.807) is 36.4 Å². The Bertz CT molecular complexity index is 847. The Morgan fingerprint density at radius 3 is 2.85 bits per heavy atom. The van der Waals surface area contributed by atoms with E-state index in [-0.39, 0.29) is 17.9 Å². The van der Waals surface area contributed by atoms with E-state index in [1.807, 2.05) is 0 Å². The van der Waals surface area contributed by atoms with Gasteiger partial charge in [0.15, 0.2) is 0 Å². The van der Waals surface area contributed by atoms with Gasteiger partial charge < -0.3 is 0 Å². The number of halogens is 2. The van der Waals surface area contributed by atoms with Crippen molar-refractivity contribution in [3.8, 4) is 0 Å². The van der Waals surface area contributed by atoms with E-state index < -0.39 is 0 Å². The van der Waals surface area contributed by atoms with Gasteiger partial charge in [0.2, 0.25) is 0 Å². The number of hydrogen-bond donors (Lipinski definition) is 0. The van der Waals surface area contributed by atoms with Crippen molar-refractivity contribution in [3.63, 3.8) is 0 Å². The van der Waals surface area contributed by atoms with Crippen LogP contribution in [0.5, 0.6) is 0 Å². The van der Waals surface area contributed by atoms with Gasteiger partial charge >= 0.3 is 0 Å². The van der Waals surface area contributed by atoms with E-state index in [0.717, 1.165) is 9.15 Å². The van der Waals surface area contributed by atoms with E-state index in [4.69, 9.17) is 0 Å². The molecule has 0 N–H and O–H groups in total. The maximum atomic E-state index is 13.7. The number of benzene rings is 2. The highest BCUT2D eigenvalue weighted by Crippen LogP contribution is 2.16. The maximum absolute atomic E-state index is 13.7. The van der Waals surface area contributed by atoms with Crippen LogP contribution in [0.1, 0.15) is 5.56 Å². The zero-order valence-electron chi connectivity index (χ0n) is 10.3. The average molecular weight is 334 g/mol. The second-order valence-electron chi connectivity index (χ2n) is 4.31. The first kappa shape index (κ1) is 12.9. The predicted molar refractivity (Wildman–Crippen MR) is 77.0 cm³/mol. The van der Waals surface area contributed by atoms with Crippen molar-refractivity contribution in [2.75, 3.05) is 0 Å². The molecule has 4 nitrogen and oxygen atoms in total. The predicted octanol–water partition coefficient (Wildman–Crippen LogP) is 2.74. The lowest BCUT2D eigenvalue weighted by Gasteiger charge is -2.06. The molecule has 0 aliphatic rings. The summed E-state index contributed by atoms with van der Waals surface area (Å²) in [5.41, 5.74) is 0.629. The second kappa shape index (κ2) is 5.13. The molecule has 1 aromatic heterocycles. The molecule has 0 amide bonds. The molecule has 3 rings (SSSR count). The molecule has 0 bridgehead atoms. The molecule has 20 heavy (non-hydrogen) atoms. The van der Waals surface area contributed by atoms with Crippen LogP contribution in [-0.2, 0) is 6.54 Å². The molecule has 0 unspecified atom stereocenters. The Labute approximate surface area is 122 Å². The van der Waals surface area contributed by atoms with Crippen molar-refractivity contribution in [3.05, 3.63) is 68.7 Å². The molecule has 1 heterocycles. The Balaban J connectivity index is 2.09. The number of hydrogen-bond acceptors (Lipinski definition) is 3. The molecule has 0 spiro atoms. The molecule has 0 fully saturated rings. The summed E-state index contributed by atoms with van der Waals surface area (Å²) >= 11 is 3.28. The van der Waals surface area contributed by atoms with E-state index in [2.05, 4.69) is 26.2 Å². The SMILES string of the molecule is O=c1c2ccccc2nnn1Cc1cc(Br)ccc1F. The van der Waals surface area contributed by atoms with Gasteiger partial charge in [0.1, 0.15) is 11.3 Å². The smallest absolute Gasteiger partial charge is 0.267 e. The van der Waals surface area contributed by atoms with Crippen LogP contribution in [0.2, 0.25) is 0 Å².